The Morgan fingerprint density at radius 3 is 2.81 bits per heavy atom. The molecule has 0 aliphatic carbocycles. The second-order valence-corrected chi connectivity index (χ2v) is 6.45. The molecule has 1 aromatic carbocycles. The molecule has 0 aromatic heterocycles. The Bertz CT molecular complexity index is 424. The van der Waals surface area contributed by atoms with Gasteiger partial charge < -0.3 is 5.32 Å². The summed E-state index contributed by atoms with van der Waals surface area (Å²) in [4.78, 5) is 0. The number of nitrogens with one attached hydrogen (secondary N) is 1. The van der Waals surface area contributed by atoms with Crippen LogP contribution in [-0.2, 0) is 10.8 Å². The van der Waals surface area contributed by atoms with Crippen molar-refractivity contribution in [3.8, 4) is 0 Å². The molecule has 0 bridgehead atoms. The summed E-state index contributed by atoms with van der Waals surface area (Å²) in [5.74, 6) is 1.30. The fourth-order valence-electron chi connectivity index (χ4n) is 1.93. The van der Waals surface area contributed by atoms with Crippen molar-refractivity contribution in [2.24, 2.45) is 0 Å². The van der Waals surface area contributed by atoms with Gasteiger partial charge in [-0.15, -0.1) is 0 Å². The van der Waals surface area contributed by atoms with Crippen molar-refractivity contribution in [3.63, 3.8) is 0 Å². The molecule has 1 aliphatic rings. The predicted molar refractivity (Wildman–Crippen MR) is 69.7 cm³/mol. The third kappa shape index (κ3) is 2.77. The van der Waals surface area contributed by atoms with Crippen LogP contribution < -0.4 is 5.32 Å². The van der Waals surface area contributed by atoms with E-state index in [0.29, 0.717) is 21.6 Å². The van der Waals surface area contributed by atoms with Crippen molar-refractivity contribution in [2.75, 3.05) is 11.5 Å². The van der Waals surface area contributed by atoms with Crippen LogP contribution in [0.1, 0.15) is 18.5 Å². The first-order valence-corrected chi connectivity index (χ1v) is 7.36. The Kier molecular flexibility index (Phi) is 3.90. The first-order valence-electron chi connectivity index (χ1n) is 5.12. The zero-order chi connectivity index (χ0) is 11.7. The molecule has 1 N–H and O–H groups in total. The summed E-state index contributed by atoms with van der Waals surface area (Å²) in [7, 11) is -0.780. The van der Waals surface area contributed by atoms with E-state index < -0.39 is 10.8 Å². The molecule has 1 fully saturated rings. The first kappa shape index (κ1) is 12.4. The average Bonchev–Trinajstić information content (AvgIpc) is 2.20. The van der Waals surface area contributed by atoms with E-state index in [4.69, 9.17) is 23.2 Å². The molecular formula is C11H13Cl2NOS. The highest BCUT2D eigenvalue weighted by Gasteiger charge is 2.25. The van der Waals surface area contributed by atoms with Gasteiger partial charge in [0, 0.05) is 44.4 Å². The Morgan fingerprint density at radius 2 is 2.12 bits per heavy atom. The van der Waals surface area contributed by atoms with Crippen LogP contribution in [0.25, 0.3) is 0 Å². The molecular weight excluding hydrogens is 265 g/mol. The highest BCUT2D eigenvalue weighted by atomic mass is 35.5. The Hall–Kier alpha value is -0.0900. The minimum Gasteiger partial charge on any atom is -0.306 e. The summed E-state index contributed by atoms with van der Waals surface area (Å²) in [5.41, 5.74) is 0.939. The van der Waals surface area contributed by atoms with Crippen LogP contribution in [0, 0.1) is 0 Å². The molecule has 88 valence electrons. The highest BCUT2D eigenvalue weighted by Crippen LogP contribution is 2.28. The number of rotatable bonds is 1. The minimum atomic E-state index is -0.780. The maximum atomic E-state index is 11.6. The third-order valence-corrected chi connectivity index (χ3v) is 4.76. The van der Waals surface area contributed by atoms with Gasteiger partial charge >= 0.3 is 0 Å². The quantitative estimate of drug-likeness (QED) is 0.855. The maximum Gasteiger partial charge on any atom is 0.0455 e. The van der Waals surface area contributed by atoms with E-state index in [1.54, 1.807) is 12.1 Å². The average molecular weight is 278 g/mol. The first-order chi connectivity index (χ1) is 7.56. The molecule has 1 aliphatic heterocycles. The summed E-state index contributed by atoms with van der Waals surface area (Å²) in [6, 6.07) is 5.67. The van der Waals surface area contributed by atoms with Crippen LogP contribution in [-0.4, -0.2) is 21.8 Å². The fourth-order valence-corrected chi connectivity index (χ4v) is 3.80. The van der Waals surface area contributed by atoms with E-state index in [1.807, 2.05) is 13.0 Å². The van der Waals surface area contributed by atoms with Crippen molar-refractivity contribution in [1.29, 1.82) is 0 Å². The molecule has 16 heavy (non-hydrogen) atoms. The molecule has 3 unspecified atom stereocenters. The minimum absolute atomic E-state index is 0.0378. The van der Waals surface area contributed by atoms with Crippen molar-refractivity contribution in [2.45, 2.75) is 19.0 Å². The van der Waals surface area contributed by atoms with Gasteiger partial charge in [-0.25, -0.2) is 0 Å². The Balaban J connectivity index is 2.29. The van der Waals surface area contributed by atoms with E-state index in [-0.39, 0.29) is 12.1 Å². The van der Waals surface area contributed by atoms with Gasteiger partial charge in [-0.3, -0.25) is 4.21 Å². The molecule has 2 rings (SSSR count). The molecule has 5 heteroatoms. The Labute approximate surface area is 108 Å². The molecule has 1 aromatic rings. The lowest BCUT2D eigenvalue weighted by molar-refractivity contribution is 0.490. The molecule has 0 spiro atoms. The second-order valence-electron chi connectivity index (χ2n) is 4.06. The van der Waals surface area contributed by atoms with Crippen molar-refractivity contribution < 1.29 is 4.21 Å². The van der Waals surface area contributed by atoms with Gasteiger partial charge in [0.1, 0.15) is 0 Å². The lowest BCUT2D eigenvalue weighted by atomic mass is 10.1. The summed E-state index contributed by atoms with van der Waals surface area (Å²) in [6.07, 6.45) is 0. The van der Waals surface area contributed by atoms with Gasteiger partial charge in [0.15, 0.2) is 0 Å². The van der Waals surface area contributed by atoms with Gasteiger partial charge in [-0.1, -0.05) is 23.2 Å². The van der Waals surface area contributed by atoms with E-state index >= 15 is 0 Å². The molecule has 0 amide bonds. The second kappa shape index (κ2) is 5.05. The van der Waals surface area contributed by atoms with Crippen LogP contribution in [0.15, 0.2) is 18.2 Å². The lowest BCUT2D eigenvalue weighted by Gasteiger charge is -2.29. The monoisotopic (exact) mass is 277 g/mol. The fraction of sp³-hybridized carbons (Fsp3) is 0.455. The number of hydrogen-bond donors (Lipinski definition) is 1. The molecule has 0 radical (unpaired) electrons. The maximum absolute atomic E-state index is 11.6. The van der Waals surface area contributed by atoms with Crippen LogP contribution in [0.5, 0.6) is 0 Å². The van der Waals surface area contributed by atoms with Gasteiger partial charge in [0.2, 0.25) is 0 Å². The van der Waals surface area contributed by atoms with Gasteiger partial charge in [0.25, 0.3) is 0 Å². The number of hydrogen-bond acceptors (Lipinski definition) is 2. The standard InChI is InChI=1S/C11H13Cl2NOS/c1-7-5-16(15)6-11(14-7)9-4-8(12)2-3-10(9)13/h2-4,7,11,14H,5-6H2,1H3. The third-order valence-electron chi connectivity index (χ3n) is 2.61. The van der Waals surface area contributed by atoms with Crippen molar-refractivity contribution in [3.05, 3.63) is 33.8 Å². The topological polar surface area (TPSA) is 29.1 Å². The van der Waals surface area contributed by atoms with Gasteiger partial charge in [-0.2, -0.15) is 0 Å². The number of halogens is 2. The van der Waals surface area contributed by atoms with E-state index in [1.165, 1.54) is 0 Å². The van der Waals surface area contributed by atoms with Gasteiger partial charge in [0.05, 0.1) is 0 Å². The summed E-state index contributed by atoms with van der Waals surface area (Å²) < 4.78 is 11.6. The van der Waals surface area contributed by atoms with E-state index in [0.717, 1.165) is 5.56 Å². The smallest absolute Gasteiger partial charge is 0.0455 e. The predicted octanol–water partition coefficient (Wildman–Crippen LogP) is 2.77. The van der Waals surface area contributed by atoms with Crippen LogP contribution >= 0.6 is 23.2 Å². The van der Waals surface area contributed by atoms with Gasteiger partial charge in [-0.05, 0) is 30.7 Å². The largest absolute Gasteiger partial charge is 0.306 e. The zero-order valence-electron chi connectivity index (χ0n) is 8.87. The molecule has 0 saturated carbocycles. The van der Waals surface area contributed by atoms with Crippen LogP contribution in [0.3, 0.4) is 0 Å². The van der Waals surface area contributed by atoms with Crippen LogP contribution in [0.2, 0.25) is 10.0 Å². The molecule has 1 saturated heterocycles. The van der Waals surface area contributed by atoms with E-state index in [2.05, 4.69) is 5.32 Å². The summed E-state index contributed by atoms with van der Waals surface area (Å²) >= 11 is 12.1. The number of benzene rings is 1. The molecule has 1 heterocycles. The lowest BCUT2D eigenvalue weighted by Crippen LogP contribution is -2.43. The highest BCUT2D eigenvalue weighted by molar-refractivity contribution is 7.85. The normalized spacial score (nSPS) is 30.3. The molecule has 3 atom stereocenters. The summed E-state index contributed by atoms with van der Waals surface area (Å²) in [5, 5.41) is 4.73. The van der Waals surface area contributed by atoms with Crippen molar-refractivity contribution >= 4 is 34.0 Å². The summed E-state index contributed by atoms with van der Waals surface area (Å²) in [6.45, 7) is 2.03. The zero-order valence-corrected chi connectivity index (χ0v) is 11.2. The van der Waals surface area contributed by atoms with E-state index in [9.17, 15) is 4.21 Å². The SMILES string of the molecule is CC1CS(=O)CC(c2cc(Cl)ccc2Cl)N1. The van der Waals surface area contributed by atoms with Crippen LogP contribution in [0.4, 0.5) is 0 Å². The molecule has 2 nitrogen and oxygen atoms in total. The Morgan fingerprint density at radius 1 is 1.38 bits per heavy atom. The van der Waals surface area contributed by atoms with Crippen molar-refractivity contribution in [1.82, 2.24) is 5.32 Å².